The number of hydrogen-bond acceptors (Lipinski definition) is 2. The Kier molecular flexibility index (Phi) is 5.35. The van der Waals surface area contributed by atoms with Gasteiger partial charge in [-0.2, -0.15) is 0 Å². The number of carbonyl (C=O) groups is 1. The van der Waals surface area contributed by atoms with Crippen molar-refractivity contribution in [1.82, 2.24) is 10.6 Å². The van der Waals surface area contributed by atoms with E-state index in [4.69, 9.17) is 5.73 Å². The third-order valence-corrected chi connectivity index (χ3v) is 3.36. The van der Waals surface area contributed by atoms with Crippen LogP contribution in [0.25, 0.3) is 0 Å². The van der Waals surface area contributed by atoms with Crippen LogP contribution in [0.2, 0.25) is 0 Å². The number of nitrogens with two attached hydrogens (primary N) is 1. The van der Waals surface area contributed by atoms with E-state index in [9.17, 15) is 4.79 Å². The molecule has 1 atom stereocenters. The van der Waals surface area contributed by atoms with Gasteiger partial charge in [0.2, 0.25) is 0 Å². The van der Waals surface area contributed by atoms with E-state index >= 15 is 0 Å². The maximum absolute atomic E-state index is 11.9. The Morgan fingerprint density at radius 1 is 1.05 bits per heavy atom. The third kappa shape index (κ3) is 4.61. The molecule has 0 saturated carbocycles. The van der Waals surface area contributed by atoms with Gasteiger partial charge in [-0.05, 0) is 23.6 Å². The van der Waals surface area contributed by atoms with Crippen molar-refractivity contribution in [1.29, 1.82) is 0 Å². The van der Waals surface area contributed by atoms with Gasteiger partial charge in [-0.25, -0.2) is 4.79 Å². The van der Waals surface area contributed by atoms with Gasteiger partial charge in [0, 0.05) is 13.1 Å². The summed E-state index contributed by atoms with van der Waals surface area (Å²) in [5, 5.41) is 5.77. The monoisotopic (exact) mass is 283 g/mol. The quantitative estimate of drug-likeness (QED) is 0.790. The van der Waals surface area contributed by atoms with Crippen LogP contribution in [0.4, 0.5) is 4.79 Å². The van der Waals surface area contributed by atoms with Gasteiger partial charge >= 0.3 is 6.03 Å². The summed E-state index contributed by atoms with van der Waals surface area (Å²) in [5.41, 5.74) is 8.79. The normalized spacial score (nSPS) is 11.7. The molecule has 2 rings (SSSR count). The van der Waals surface area contributed by atoms with Crippen molar-refractivity contribution in [3.05, 3.63) is 71.3 Å². The second kappa shape index (κ2) is 7.45. The molecule has 0 aliphatic carbocycles. The van der Waals surface area contributed by atoms with Gasteiger partial charge < -0.3 is 16.4 Å². The Morgan fingerprint density at radius 2 is 1.71 bits per heavy atom. The number of hydrogen-bond donors (Lipinski definition) is 3. The third-order valence-electron chi connectivity index (χ3n) is 3.36. The van der Waals surface area contributed by atoms with E-state index in [1.165, 1.54) is 0 Å². The number of urea groups is 1. The maximum Gasteiger partial charge on any atom is 0.315 e. The van der Waals surface area contributed by atoms with E-state index in [2.05, 4.69) is 10.6 Å². The molecule has 4 nitrogen and oxygen atoms in total. The topological polar surface area (TPSA) is 67.2 Å². The second-order valence-electron chi connectivity index (χ2n) is 4.98. The molecule has 1 unspecified atom stereocenters. The first kappa shape index (κ1) is 15.1. The number of benzene rings is 2. The number of rotatable bonds is 5. The molecule has 0 heterocycles. The van der Waals surface area contributed by atoms with Crippen molar-refractivity contribution in [3.63, 3.8) is 0 Å². The minimum Gasteiger partial charge on any atom is -0.334 e. The lowest BCUT2D eigenvalue weighted by Gasteiger charge is -2.15. The lowest BCUT2D eigenvalue weighted by Crippen LogP contribution is -2.36. The highest BCUT2D eigenvalue weighted by atomic mass is 16.2. The Balaban J connectivity index is 1.83. The highest BCUT2D eigenvalue weighted by Gasteiger charge is 2.08. The SMILES string of the molecule is CC(NC(=O)NCc1ccccc1)c1ccc(CN)cc1. The highest BCUT2D eigenvalue weighted by Crippen LogP contribution is 2.13. The van der Waals surface area contributed by atoms with Crippen LogP contribution in [0.3, 0.4) is 0 Å². The molecule has 110 valence electrons. The average Bonchev–Trinajstić information content (AvgIpc) is 2.54. The van der Waals surface area contributed by atoms with Crippen LogP contribution in [0.5, 0.6) is 0 Å². The van der Waals surface area contributed by atoms with Crippen LogP contribution < -0.4 is 16.4 Å². The summed E-state index contributed by atoms with van der Waals surface area (Å²) in [6, 6.07) is 17.6. The fourth-order valence-corrected chi connectivity index (χ4v) is 2.05. The zero-order valence-corrected chi connectivity index (χ0v) is 12.2. The molecule has 0 aliphatic heterocycles. The van der Waals surface area contributed by atoms with E-state index < -0.39 is 0 Å². The first-order chi connectivity index (χ1) is 10.2. The molecule has 0 saturated heterocycles. The molecule has 2 amide bonds. The van der Waals surface area contributed by atoms with Gasteiger partial charge in [-0.3, -0.25) is 0 Å². The van der Waals surface area contributed by atoms with Gasteiger partial charge in [-0.1, -0.05) is 54.6 Å². The number of carbonyl (C=O) groups excluding carboxylic acids is 1. The second-order valence-corrected chi connectivity index (χ2v) is 4.98. The maximum atomic E-state index is 11.9. The Hall–Kier alpha value is -2.33. The summed E-state index contributed by atoms with van der Waals surface area (Å²) in [4.78, 5) is 11.9. The first-order valence-corrected chi connectivity index (χ1v) is 7.06. The summed E-state index contributed by atoms with van der Waals surface area (Å²) in [6.45, 7) is 3.00. The fraction of sp³-hybridized carbons (Fsp3) is 0.235. The van der Waals surface area contributed by atoms with Crippen molar-refractivity contribution in [2.24, 2.45) is 5.73 Å². The van der Waals surface area contributed by atoms with Crippen LogP contribution in [-0.2, 0) is 13.1 Å². The van der Waals surface area contributed by atoms with E-state index in [1.807, 2.05) is 61.5 Å². The zero-order valence-electron chi connectivity index (χ0n) is 12.2. The first-order valence-electron chi connectivity index (χ1n) is 7.06. The largest absolute Gasteiger partial charge is 0.334 e. The molecular weight excluding hydrogens is 262 g/mol. The molecule has 2 aromatic rings. The Morgan fingerprint density at radius 3 is 2.33 bits per heavy atom. The van der Waals surface area contributed by atoms with Gasteiger partial charge in [0.1, 0.15) is 0 Å². The fourth-order valence-electron chi connectivity index (χ4n) is 2.05. The summed E-state index contributed by atoms with van der Waals surface area (Å²) >= 11 is 0. The van der Waals surface area contributed by atoms with Crippen molar-refractivity contribution in [2.45, 2.75) is 26.1 Å². The number of nitrogens with one attached hydrogen (secondary N) is 2. The van der Waals surface area contributed by atoms with Gasteiger partial charge in [0.25, 0.3) is 0 Å². The van der Waals surface area contributed by atoms with E-state index in [0.717, 1.165) is 16.7 Å². The van der Waals surface area contributed by atoms with Crippen LogP contribution in [-0.4, -0.2) is 6.03 Å². The molecule has 0 bridgehead atoms. The molecule has 2 aromatic carbocycles. The molecule has 0 aromatic heterocycles. The summed E-state index contributed by atoms with van der Waals surface area (Å²) < 4.78 is 0. The lowest BCUT2D eigenvalue weighted by atomic mass is 10.1. The zero-order chi connectivity index (χ0) is 15.1. The smallest absolute Gasteiger partial charge is 0.315 e. The van der Waals surface area contributed by atoms with Crippen molar-refractivity contribution >= 4 is 6.03 Å². The van der Waals surface area contributed by atoms with Crippen LogP contribution in [0.1, 0.15) is 29.7 Å². The molecule has 0 spiro atoms. The predicted molar refractivity (Wildman–Crippen MR) is 84.6 cm³/mol. The molecule has 4 heteroatoms. The Bertz CT molecular complexity index is 566. The standard InChI is InChI=1S/C17H21N3O/c1-13(16-9-7-14(11-18)8-10-16)20-17(21)19-12-15-5-3-2-4-6-15/h2-10,13H,11-12,18H2,1H3,(H2,19,20,21). The van der Waals surface area contributed by atoms with Gasteiger partial charge in [0.15, 0.2) is 0 Å². The highest BCUT2D eigenvalue weighted by molar-refractivity contribution is 5.74. The molecule has 0 fully saturated rings. The lowest BCUT2D eigenvalue weighted by molar-refractivity contribution is 0.237. The van der Waals surface area contributed by atoms with Crippen molar-refractivity contribution in [3.8, 4) is 0 Å². The Labute approximate surface area is 125 Å². The predicted octanol–water partition coefficient (Wildman–Crippen LogP) is 2.71. The summed E-state index contributed by atoms with van der Waals surface area (Å²) in [7, 11) is 0. The van der Waals surface area contributed by atoms with Gasteiger partial charge in [0.05, 0.1) is 6.04 Å². The minimum absolute atomic E-state index is 0.0485. The number of amides is 2. The van der Waals surface area contributed by atoms with Gasteiger partial charge in [-0.15, -0.1) is 0 Å². The van der Waals surface area contributed by atoms with Crippen LogP contribution >= 0.6 is 0 Å². The molecule has 4 N–H and O–H groups in total. The van der Waals surface area contributed by atoms with Crippen molar-refractivity contribution in [2.75, 3.05) is 0 Å². The van der Waals surface area contributed by atoms with Crippen LogP contribution in [0, 0.1) is 0 Å². The van der Waals surface area contributed by atoms with Crippen LogP contribution in [0.15, 0.2) is 54.6 Å². The molecule has 0 aliphatic rings. The van der Waals surface area contributed by atoms with Crippen molar-refractivity contribution < 1.29 is 4.79 Å². The van der Waals surface area contributed by atoms with E-state index in [1.54, 1.807) is 0 Å². The summed E-state index contributed by atoms with van der Waals surface area (Å²) in [5.74, 6) is 0. The summed E-state index contributed by atoms with van der Waals surface area (Å²) in [6.07, 6.45) is 0. The molecule has 0 radical (unpaired) electrons. The van der Waals surface area contributed by atoms with E-state index in [0.29, 0.717) is 13.1 Å². The molecular formula is C17H21N3O. The molecule has 21 heavy (non-hydrogen) atoms. The average molecular weight is 283 g/mol. The minimum atomic E-state index is -0.172. The van der Waals surface area contributed by atoms with E-state index in [-0.39, 0.29) is 12.1 Å².